The van der Waals surface area contributed by atoms with Crippen LogP contribution in [0.2, 0.25) is 0 Å². The quantitative estimate of drug-likeness (QED) is 0.733. The Morgan fingerprint density at radius 1 is 1.10 bits per heavy atom. The maximum atomic E-state index is 12.3. The van der Waals surface area contributed by atoms with E-state index >= 15 is 0 Å². The second-order valence-electron chi connectivity index (χ2n) is 8.56. The third-order valence-corrected chi connectivity index (χ3v) is 7.83. The Bertz CT molecular complexity index is 477. The largest absolute Gasteiger partial charge is 0.461 e. The SMILES string of the molecule is COC[C@@H]1C(=O)O[C@H]2[C@H]1CCC1(CC1)[C@@H]1CCC3(CC3)[C@H]21. The molecule has 1 aliphatic heterocycles. The minimum absolute atomic E-state index is 0.00551. The van der Waals surface area contributed by atoms with E-state index < -0.39 is 0 Å². The third kappa shape index (κ3) is 1.62. The van der Waals surface area contributed by atoms with Crippen LogP contribution in [-0.2, 0) is 14.3 Å². The van der Waals surface area contributed by atoms with Gasteiger partial charge >= 0.3 is 5.97 Å². The Kier molecular flexibility index (Phi) is 2.48. The summed E-state index contributed by atoms with van der Waals surface area (Å²) in [5, 5.41) is 0. The first-order valence-corrected chi connectivity index (χ1v) is 8.89. The van der Waals surface area contributed by atoms with Crippen LogP contribution in [0.4, 0.5) is 0 Å². The number of hydrogen-bond acceptors (Lipinski definition) is 3. The van der Waals surface area contributed by atoms with Crippen molar-refractivity contribution in [1.82, 2.24) is 0 Å². The van der Waals surface area contributed by atoms with Crippen molar-refractivity contribution in [2.45, 2.75) is 57.5 Å². The molecule has 0 N–H and O–H groups in total. The van der Waals surface area contributed by atoms with Crippen molar-refractivity contribution >= 4 is 5.97 Å². The number of fused-ring (bicyclic) bond motifs is 5. The fourth-order valence-electron chi connectivity index (χ4n) is 6.43. The zero-order valence-corrected chi connectivity index (χ0v) is 13.0. The van der Waals surface area contributed by atoms with Crippen LogP contribution in [-0.4, -0.2) is 25.8 Å². The lowest BCUT2D eigenvalue weighted by atomic mass is 9.74. The van der Waals surface area contributed by atoms with Crippen LogP contribution in [0, 0.1) is 34.5 Å². The van der Waals surface area contributed by atoms with Crippen LogP contribution in [0.25, 0.3) is 0 Å². The van der Waals surface area contributed by atoms with E-state index in [2.05, 4.69) is 0 Å². The molecule has 21 heavy (non-hydrogen) atoms. The van der Waals surface area contributed by atoms with E-state index in [0.29, 0.717) is 29.3 Å². The third-order valence-electron chi connectivity index (χ3n) is 7.83. The van der Waals surface area contributed by atoms with Gasteiger partial charge in [-0.3, -0.25) is 4.79 Å². The maximum Gasteiger partial charge on any atom is 0.312 e. The summed E-state index contributed by atoms with van der Waals surface area (Å²) in [6.07, 6.45) is 11.2. The Labute approximate surface area is 126 Å². The number of ether oxygens (including phenoxy) is 2. The lowest BCUT2D eigenvalue weighted by molar-refractivity contribution is -0.148. The number of esters is 1. The minimum Gasteiger partial charge on any atom is -0.461 e. The first kappa shape index (κ1) is 12.9. The first-order valence-electron chi connectivity index (χ1n) is 8.89. The van der Waals surface area contributed by atoms with Crippen LogP contribution in [0.5, 0.6) is 0 Å². The number of methoxy groups -OCH3 is 1. The molecule has 0 bridgehead atoms. The minimum atomic E-state index is 0.00551. The first-order chi connectivity index (χ1) is 10.2. The predicted molar refractivity (Wildman–Crippen MR) is 77.5 cm³/mol. The van der Waals surface area contributed by atoms with E-state index in [0.717, 1.165) is 5.92 Å². The van der Waals surface area contributed by atoms with Gasteiger partial charge in [-0.25, -0.2) is 0 Å². The van der Waals surface area contributed by atoms with Gasteiger partial charge < -0.3 is 9.47 Å². The molecule has 0 aromatic carbocycles. The predicted octanol–water partition coefficient (Wildman–Crippen LogP) is 3.17. The van der Waals surface area contributed by atoms with Crippen molar-refractivity contribution in [2.24, 2.45) is 34.5 Å². The van der Waals surface area contributed by atoms with Gasteiger partial charge in [0.1, 0.15) is 6.10 Å². The van der Waals surface area contributed by atoms with Gasteiger partial charge in [0.25, 0.3) is 0 Å². The van der Waals surface area contributed by atoms with Gasteiger partial charge in [0, 0.05) is 18.9 Å². The zero-order chi connectivity index (χ0) is 14.2. The van der Waals surface area contributed by atoms with Crippen molar-refractivity contribution < 1.29 is 14.3 Å². The molecular formula is C18H26O3. The van der Waals surface area contributed by atoms with E-state index in [9.17, 15) is 4.79 Å². The molecule has 0 aromatic rings. The number of rotatable bonds is 2. The Balaban J connectivity index is 1.52. The van der Waals surface area contributed by atoms with E-state index in [1.54, 1.807) is 7.11 Å². The molecule has 0 aromatic heterocycles. The summed E-state index contributed by atoms with van der Waals surface area (Å²) in [5.41, 5.74) is 1.21. The highest BCUT2D eigenvalue weighted by Gasteiger charge is 2.69. The van der Waals surface area contributed by atoms with Gasteiger partial charge in [0.15, 0.2) is 0 Å². The molecule has 116 valence electrons. The van der Waals surface area contributed by atoms with Crippen LogP contribution < -0.4 is 0 Å². The lowest BCUT2D eigenvalue weighted by Crippen LogP contribution is -2.35. The average molecular weight is 290 g/mol. The second kappa shape index (κ2) is 4.04. The Hall–Kier alpha value is -0.570. The molecule has 0 radical (unpaired) electrons. The number of hydrogen-bond donors (Lipinski definition) is 0. The monoisotopic (exact) mass is 290 g/mol. The smallest absolute Gasteiger partial charge is 0.312 e. The summed E-state index contributed by atoms with van der Waals surface area (Å²) in [4.78, 5) is 12.3. The van der Waals surface area contributed by atoms with Gasteiger partial charge in [-0.15, -0.1) is 0 Å². The van der Waals surface area contributed by atoms with Crippen molar-refractivity contribution in [2.75, 3.05) is 13.7 Å². The molecule has 4 saturated carbocycles. The molecule has 4 aliphatic carbocycles. The van der Waals surface area contributed by atoms with Gasteiger partial charge in [0.2, 0.25) is 0 Å². The molecule has 2 spiro atoms. The molecular weight excluding hydrogens is 264 g/mol. The maximum absolute atomic E-state index is 12.3. The molecule has 0 unspecified atom stereocenters. The molecule has 5 rings (SSSR count). The molecule has 1 saturated heterocycles. The van der Waals surface area contributed by atoms with Crippen LogP contribution in [0.1, 0.15) is 51.4 Å². The number of carbonyl (C=O) groups is 1. The highest BCUT2D eigenvalue weighted by Crippen LogP contribution is 2.74. The standard InChI is InChI=1S/C18H26O3/c1-20-10-12-11-2-4-17(6-7-17)13-3-5-18(8-9-18)14(13)15(11)21-16(12)19/h11-15H,2-10H2,1H3/t11-,12-,13+,14-,15-/m0/s1. The van der Waals surface area contributed by atoms with Crippen molar-refractivity contribution in [3.05, 3.63) is 0 Å². The lowest BCUT2D eigenvalue weighted by Gasteiger charge is -2.33. The summed E-state index contributed by atoms with van der Waals surface area (Å²) in [6, 6.07) is 0. The van der Waals surface area contributed by atoms with Crippen LogP contribution in [0.3, 0.4) is 0 Å². The summed E-state index contributed by atoms with van der Waals surface area (Å²) in [5.74, 6) is 1.99. The normalized spacial score (nSPS) is 47.9. The molecule has 5 atom stereocenters. The van der Waals surface area contributed by atoms with E-state index in [1.165, 1.54) is 51.4 Å². The van der Waals surface area contributed by atoms with E-state index in [1.807, 2.05) is 0 Å². The molecule has 0 amide bonds. The van der Waals surface area contributed by atoms with E-state index in [-0.39, 0.29) is 18.0 Å². The molecule has 5 fully saturated rings. The topological polar surface area (TPSA) is 35.5 Å². The van der Waals surface area contributed by atoms with Gasteiger partial charge in [0.05, 0.1) is 12.5 Å². The van der Waals surface area contributed by atoms with Crippen molar-refractivity contribution in [1.29, 1.82) is 0 Å². The van der Waals surface area contributed by atoms with Crippen molar-refractivity contribution in [3.8, 4) is 0 Å². The zero-order valence-electron chi connectivity index (χ0n) is 13.0. The summed E-state index contributed by atoms with van der Waals surface area (Å²) in [6.45, 7) is 0.553. The van der Waals surface area contributed by atoms with Gasteiger partial charge in [-0.2, -0.15) is 0 Å². The Morgan fingerprint density at radius 3 is 2.48 bits per heavy atom. The van der Waals surface area contributed by atoms with Gasteiger partial charge in [-0.05, 0) is 68.1 Å². The summed E-state index contributed by atoms with van der Waals surface area (Å²) < 4.78 is 11.3. The summed E-state index contributed by atoms with van der Waals surface area (Å²) >= 11 is 0. The molecule has 5 aliphatic rings. The van der Waals surface area contributed by atoms with Gasteiger partial charge in [-0.1, -0.05) is 0 Å². The fourth-order valence-corrected chi connectivity index (χ4v) is 6.43. The van der Waals surface area contributed by atoms with Crippen LogP contribution >= 0.6 is 0 Å². The number of carbonyl (C=O) groups excluding carboxylic acids is 1. The average Bonchev–Trinajstić information content (AvgIpc) is 3.34. The fraction of sp³-hybridized carbons (Fsp3) is 0.944. The summed E-state index contributed by atoms with van der Waals surface area (Å²) in [7, 11) is 1.71. The molecule has 3 nitrogen and oxygen atoms in total. The highest BCUT2D eigenvalue weighted by atomic mass is 16.6. The van der Waals surface area contributed by atoms with Crippen molar-refractivity contribution in [3.63, 3.8) is 0 Å². The van der Waals surface area contributed by atoms with E-state index in [4.69, 9.17) is 9.47 Å². The molecule has 1 heterocycles. The molecule has 3 heteroatoms. The Morgan fingerprint density at radius 2 is 1.81 bits per heavy atom. The second-order valence-corrected chi connectivity index (χ2v) is 8.56. The van der Waals surface area contributed by atoms with Crippen LogP contribution in [0.15, 0.2) is 0 Å². The highest BCUT2D eigenvalue weighted by molar-refractivity contribution is 5.75.